The van der Waals surface area contributed by atoms with Gasteiger partial charge in [-0.15, -0.1) is 0 Å². The molecule has 2 N–H and O–H groups in total. The molecule has 2 rings (SSSR count). The fraction of sp³-hybridized carbons (Fsp3) is 0.200. The van der Waals surface area contributed by atoms with Crippen LogP contribution in [-0.2, 0) is 11.0 Å². The molecule has 1 amide bonds. The second kappa shape index (κ2) is 6.96. The third-order valence-corrected chi connectivity index (χ3v) is 3.16. The van der Waals surface area contributed by atoms with Crippen LogP contribution in [0.3, 0.4) is 0 Å². The molecule has 5 nitrogen and oxygen atoms in total. The van der Waals surface area contributed by atoms with Crippen LogP contribution < -0.4 is 15.2 Å². The van der Waals surface area contributed by atoms with Gasteiger partial charge in [0.25, 0.3) is 5.91 Å². The number of primary amides is 1. The van der Waals surface area contributed by atoms with Crippen LogP contribution in [0.1, 0.15) is 12.5 Å². The van der Waals surface area contributed by atoms with Crippen molar-refractivity contribution in [3.63, 3.8) is 0 Å². The topological polar surface area (TPSA) is 74.4 Å². The summed E-state index contributed by atoms with van der Waals surface area (Å²) in [6.45, 7) is 1.50. The van der Waals surface area contributed by atoms with Crippen LogP contribution >= 0.6 is 11.6 Å². The van der Waals surface area contributed by atoms with Crippen LogP contribution in [0, 0.1) is 0 Å². The van der Waals surface area contributed by atoms with Crippen molar-refractivity contribution < 1.29 is 27.4 Å². The SMILES string of the molecule is CC(Oc1ccc(Oc2ncc(C(F)(F)F)cc2Cl)cc1)C(N)=O. The predicted octanol–water partition coefficient (Wildman–Crippen LogP) is 3.80. The molecule has 9 heteroatoms. The smallest absolute Gasteiger partial charge is 0.417 e. The number of nitrogens with zero attached hydrogens (tertiary/aromatic N) is 1. The number of hydrogen-bond acceptors (Lipinski definition) is 4. The number of rotatable bonds is 5. The Balaban J connectivity index is 2.10. The summed E-state index contributed by atoms with van der Waals surface area (Å²) in [5.41, 5.74) is 4.12. The van der Waals surface area contributed by atoms with Gasteiger partial charge in [0.1, 0.15) is 16.5 Å². The molecule has 0 aliphatic rings. The molecule has 0 spiro atoms. The Kier molecular flexibility index (Phi) is 5.18. The number of carbonyl (C=O) groups is 1. The number of pyridine rings is 1. The third kappa shape index (κ3) is 4.51. The summed E-state index contributed by atoms with van der Waals surface area (Å²) < 4.78 is 48.2. The number of benzene rings is 1. The Hall–Kier alpha value is -2.48. The lowest BCUT2D eigenvalue weighted by molar-refractivity contribution is -0.137. The van der Waals surface area contributed by atoms with Gasteiger partial charge in [-0.3, -0.25) is 4.79 Å². The van der Waals surface area contributed by atoms with Gasteiger partial charge < -0.3 is 15.2 Å². The first kappa shape index (κ1) is 17.9. The number of carbonyl (C=O) groups excluding carboxylic acids is 1. The molecule has 0 radical (unpaired) electrons. The molecular formula is C15H12ClF3N2O3. The molecule has 2 aromatic rings. The van der Waals surface area contributed by atoms with E-state index in [1.54, 1.807) is 0 Å². The largest absolute Gasteiger partial charge is 0.481 e. The molecule has 1 atom stereocenters. The first-order valence-electron chi connectivity index (χ1n) is 6.63. The van der Waals surface area contributed by atoms with E-state index in [4.69, 9.17) is 26.8 Å². The molecule has 1 heterocycles. The van der Waals surface area contributed by atoms with Crippen molar-refractivity contribution in [2.75, 3.05) is 0 Å². The molecule has 0 fully saturated rings. The average Bonchev–Trinajstić information content (AvgIpc) is 2.50. The molecule has 24 heavy (non-hydrogen) atoms. The molecule has 0 aliphatic heterocycles. The number of halogens is 4. The Morgan fingerprint density at radius 1 is 1.25 bits per heavy atom. The summed E-state index contributed by atoms with van der Waals surface area (Å²) in [6, 6.07) is 6.72. The van der Waals surface area contributed by atoms with E-state index in [1.807, 2.05) is 0 Å². The van der Waals surface area contributed by atoms with Crippen molar-refractivity contribution in [2.24, 2.45) is 5.73 Å². The highest BCUT2D eigenvalue weighted by atomic mass is 35.5. The van der Waals surface area contributed by atoms with Crippen molar-refractivity contribution in [3.05, 3.63) is 47.1 Å². The fourth-order valence-corrected chi connectivity index (χ4v) is 1.82. The molecule has 0 saturated heterocycles. The summed E-state index contributed by atoms with van der Waals surface area (Å²) >= 11 is 5.76. The third-order valence-electron chi connectivity index (χ3n) is 2.89. The van der Waals surface area contributed by atoms with Crippen molar-refractivity contribution in [2.45, 2.75) is 19.2 Å². The Morgan fingerprint density at radius 3 is 2.33 bits per heavy atom. The van der Waals surface area contributed by atoms with Gasteiger partial charge >= 0.3 is 6.18 Å². The highest BCUT2D eigenvalue weighted by Crippen LogP contribution is 2.34. The molecular weight excluding hydrogens is 349 g/mol. The van der Waals surface area contributed by atoms with Crippen molar-refractivity contribution in [1.82, 2.24) is 4.98 Å². The summed E-state index contributed by atoms with van der Waals surface area (Å²) in [6.07, 6.45) is -4.71. The average molecular weight is 361 g/mol. The first-order chi connectivity index (χ1) is 11.2. The molecule has 1 aromatic heterocycles. The van der Waals surface area contributed by atoms with Gasteiger partial charge in [-0.1, -0.05) is 11.6 Å². The van der Waals surface area contributed by atoms with Crippen molar-refractivity contribution in [1.29, 1.82) is 0 Å². The molecule has 0 bridgehead atoms. The van der Waals surface area contributed by atoms with Crippen LogP contribution in [0.4, 0.5) is 13.2 Å². The maximum absolute atomic E-state index is 12.5. The van der Waals surface area contributed by atoms with Gasteiger partial charge in [0, 0.05) is 6.20 Å². The molecule has 0 aliphatic carbocycles. The number of hydrogen-bond donors (Lipinski definition) is 1. The minimum absolute atomic E-state index is 0.163. The number of ether oxygens (including phenoxy) is 2. The molecule has 128 valence electrons. The summed E-state index contributed by atoms with van der Waals surface area (Å²) in [5.74, 6) is -0.122. The van der Waals surface area contributed by atoms with Gasteiger partial charge in [0.05, 0.1) is 5.56 Å². The number of amides is 1. The minimum Gasteiger partial charge on any atom is -0.481 e. The monoisotopic (exact) mass is 360 g/mol. The van der Waals surface area contributed by atoms with Gasteiger partial charge in [0.2, 0.25) is 5.88 Å². The van der Waals surface area contributed by atoms with Crippen LogP contribution in [0.25, 0.3) is 0 Å². The van der Waals surface area contributed by atoms with E-state index in [9.17, 15) is 18.0 Å². The Bertz CT molecular complexity index is 736. The van der Waals surface area contributed by atoms with Gasteiger partial charge in [-0.05, 0) is 37.3 Å². The van der Waals surface area contributed by atoms with Crippen LogP contribution in [-0.4, -0.2) is 17.0 Å². The predicted molar refractivity (Wildman–Crippen MR) is 80.0 cm³/mol. The molecule has 1 aromatic carbocycles. The van der Waals surface area contributed by atoms with E-state index >= 15 is 0 Å². The Morgan fingerprint density at radius 2 is 1.83 bits per heavy atom. The van der Waals surface area contributed by atoms with E-state index in [2.05, 4.69) is 4.98 Å². The van der Waals surface area contributed by atoms with E-state index in [0.29, 0.717) is 11.9 Å². The highest BCUT2D eigenvalue weighted by molar-refractivity contribution is 6.31. The lowest BCUT2D eigenvalue weighted by Gasteiger charge is -2.12. The summed E-state index contributed by atoms with van der Waals surface area (Å²) in [5, 5.41) is -0.271. The Labute approximate surface area is 140 Å². The minimum atomic E-state index is -4.54. The quantitative estimate of drug-likeness (QED) is 0.880. The molecule has 1 unspecified atom stereocenters. The maximum Gasteiger partial charge on any atom is 0.417 e. The van der Waals surface area contributed by atoms with E-state index in [-0.39, 0.29) is 16.7 Å². The van der Waals surface area contributed by atoms with Crippen LogP contribution in [0.5, 0.6) is 17.4 Å². The highest BCUT2D eigenvalue weighted by Gasteiger charge is 2.31. The second-order valence-electron chi connectivity index (χ2n) is 4.74. The maximum atomic E-state index is 12.5. The van der Waals surface area contributed by atoms with Gasteiger partial charge in [-0.2, -0.15) is 13.2 Å². The van der Waals surface area contributed by atoms with Crippen LogP contribution in [0.2, 0.25) is 5.02 Å². The zero-order valence-corrected chi connectivity index (χ0v) is 13.1. The lowest BCUT2D eigenvalue weighted by Crippen LogP contribution is -2.30. The number of aromatic nitrogens is 1. The normalized spacial score (nSPS) is 12.5. The lowest BCUT2D eigenvalue weighted by atomic mass is 10.3. The van der Waals surface area contributed by atoms with E-state index < -0.39 is 23.8 Å². The standard InChI is InChI=1S/C15H12ClF3N2O3/c1-8(13(20)22)23-10-2-4-11(5-3-10)24-14-12(16)6-9(7-21-14)15(17,18)19/h2-8H,1H3,(H2,20,22). The van der Waals surface area contributed by atoms with Crippen LogP contribution in [0.15, 0.2) is 36.5 Å². The summed E-state index contributed by atoms with van der Waals surface area (Å²) in [7, 11) is 0. The number of nitrogens with two attached hydrogens (primary N) is 1. The molecule has 0 saturated carbocycles. The van der Waals surface area contributed by atoms with E-state index in [0.717, 1.165) is 6.07 Å². The van der Waals surface area contributed by atoms with E-state index in [1.165, 1.54) is 31.2 Å². The zero-order chi connectivity index (χ0) is 17.9. The zero-order valence-electron chi connectivity index (χ0n) is 12.3. The van der Waals surface area contributed by atoms with Crippen molar-refractivity contribution in [3.8, 4) is 17.4 Å². The number of alkyl halides is 3. The summed E-state index contributed by atoms with van der Waals surface area (Å²) in [4.78, 5) is 14.5. The van der Waals surface area contributed by atoms with Gasteiger partial charge in [-0.25, -0.2) is 4.98 Å². The fourth-order valence-electron chi connectivity index (χ4n) is 1.62. The van der Waals surface area contributed by atoms with Crippen molar-refractivity contribution >= 4 is 17.5 Å². The first-order valence-corrected chi connectivity index (χ1v) is 7.01. The van der Waals surface area contributed by atoms with Gasteiger partial charge in [0.15, 0.2) is 6.10 Å². The second-order valence-corrected chi connectivity index (χ2v) is 5.15.